The molecule has 0 saturated carbocycles. The average Bonchev–Trinajstić information content (AvgIpc) is 2.48. The summed E-state index contributed by atoms with van der Waals surface area (Å²) in [6.07, 6.45) is 6.44. The number of esters is 1. The molecule has 1 aromatic rings. The van der Waals surface area contributed by atoms with Gasteiger partial charge in [0.1, 0.15) is 0 Å². The fourth-order valence-corrected chi connectivity index (χ4v) is 2.69. The van der Waals surface area contributed by atoms with E-state index < -0.39 is 0 Å². The van der Waals surface area contributed by atoms with Crippen molar-refractivity contribution in [3.63, 3.8) is 0 Å². The van der Waals surface area contributed by atoms with Crippen molar-refractivity contribution in [2.24, 2.45) is 5.92 Å². The maximum atomic E-state index is 11.8. The molecule has 112 valence electrons. The molecule has 0 aromatic heterocycles. The van der Waals surface area contributed by atoms with Gasteiger partial charge < -0.3 is 10.1 Å². The maximum absolute atomic E-state index is 11.8. The van der Waals surface area contributed by atoms with E-state index in [0.717, 1.165) is 28.6 Å². The minimum atomic E-state index is -0.319. The SMILES string of the molecule is Cc1cc(Br)ccc1NC(=O)COC(=O)C1CC=CCC1. The van der Waals surface area contributed by atoms with Crippen molar-refractivity contribution < 1.29 is 14.3 Å². The quantitative estimate of drug-likeness (QED) is 0.666. The Hall–Kier alpha value is -1.62. The Balaban J connectivity index is 1.81. The highest BCUT2D eigenvalue weighted by Crippen LogP contribution is 2.21. The average molecular weight is 352 g/mol. The molecule has 0 radical (unpaired) electrons. The van der Waals surface area contributed by atoms with E-state index >= 15 is 0 Å². The van der Waals surface area contributed by atoms with Gasteiger partial charge in [0, 0.05) is 10.2 Å². The summed E-state index contributed by atoms with van der Waals surface area (Å²) in [5, 5.41) is 2.74. The first-order valence-electron chi connectivity index (χ1n) is 6.94. The molecule has 5 heteroatoms. The molecule has 1 atom stereocenters. The van der Waals surface area contributed by atoms with E-state index in [4.69, 9.17) is 4.74 Å². The molecule has 0 heterocycles. The molecule has 1 unspecified atom stereocenters. The van der Waals surface area contributed by atoms with Crippen molar-refractivity contribution in [1.82, 2.24) is 0 Å². The predicted molar refractivity (Wildman–Crippen MR) is 84.9 cm³/mol. The predicted octanol–water partition coefficient (Wildman–Crippen LogP) is 3.60. The topological polar surface area (TPSA) is 55.4 Å². The lowest BCUT2D eigenvalue weighted by Gasteiger charge is -2.16. The second kappa shape index (κ2) is 7.41. The van der Waals surface area contributed by atoms with Gasteiger partial charge in [-0.3, -0.25) is 9.59 Å². The smallest absolute Gasteiger partial charge is 0.309 e. The fourth-order valence-electron chi connectivity index (χ4n) is 2.22. The van der Waals surface area contributed by atoms with E-state index in [1.165, 1.54) is 0 Å². The number of aryl methyl sites for hydroxylation is 1. The van der Waals surface area contributed by atoms with Crippen LogP contribution in [0.5, 0.6) is 0 Å². The van der Waals surface area contributed by atoms with E-state index in [-0.39, 0.29) is 24.4 Å². The summed E-state index contributed by atoms with van der Waals surface area (Å²) in [6, 6.07) is 5.57. The third kappa shape index (κ3) is 4.70. The molecule has 1 amide bonds. The first-order chi connectivity index (χ1) is 10.1. The summed E-state index contributed by atoms with van der Waals surface area (Å²) in [7, 11) is 0. The molecule has 0 spiro atoms. The number of benzene rings is 1. The van der Waals surface area contributed by atoms with Gasteiger partial charge in [-0.25, -0.2) is 0 Å². The van der Waals surface area contributed by atoms with E-state index in [2.05, 4.69) is 27.3 Å². The van der Waals surface area contributed by atoms with Gasteiger partial charge in [-0.2, -0.15) is 0 Å². The van der Waals surface area contributed by atoms with Crippen LogP contribution in [0.1, 0.15) is 24.8 Å². The third-order valence-corrected chi connectivity index (χ3v) is 3.90. The summed E-state index contributed by atoms with van der Waals surface area (Å²) in [4.78, 5) is 23.6. The Morgan fingerprint density at radius 3 is 2.86 bits per heavy atom. The summed E-state index contributed by atoms with van der Waals surface area (Å²) >= 11 is 3.37. The van der Waals surface area contributed by atoms with Gasteiger partial charge in [0.05, 0.1) is 5.92 Å². The van der Waals surface area contributed by atoms with Gasteiger partial charge >= 0.3 is 5.97 Å². The molecular weight excluding hydrogens is 334 g/mol. The fraction of sp³-hybridized carbons (Fsp3) is 0.375. The van der Waals surface area contributed by atoms with Crippen molar-refractivity contribution in [1.29, 1.82) is 0 Å². The molecule has 4 nitrogen and oxygen atoms in total. The number of rotatable bonds is 4. The van der Waals surface area contributed by atoms with Crippen molar-refractivity contribution in [2.75, 3.05) is 11.9 Å². The van der Waals surface area contributed by atoms with Crippen LogP contribution >= 0.6 is 15.9 Å². The lowest BCUT2D eigenvalue weighted by atomic mass is 9.95. The number of carbonyl (C=O) groups is 2. The second-order valence-electron chi connectivity index (χ2n) is 5.10. The molecule has 2 rings (SSSR count). The number of hydrogen-bond acceptors (Lipinski definition) is 3. The van der Waals surface area contributed by atoms with Gasteiger partial charge in [-0.15, -0.1) is 0 Å². The Bertz CT molecular complexity index is 569. The first kappa shape index (κ1) is 15.8. The van der Waals surface area contributed by atoms with Crippen LogP contribution in [0.15, 0.2) is 34.8 Å². The second-order valence-corrected chi connectivity index (χ2v) is 6.01. The normalized spacial score (nSPS) is 17.3. The van der Waals surface area contributed by atoms with E-state index in [9.17, 15) is 9.59 Å². The standard InChI is InChI=1S/C16H18BrNO3/c1-11-9-13(17)7-8-14(11)18-15(19)10-21-16(20)12-5-3-2-4-6-12/h2-3,7-9,12H,4-6,10H2,1H3,(H,18,19). The van der Waals surface area contributed by atoms with Crippen LogP contribution in [-0.2, 0) is 14.3 Å². The summed E-state index contributed by atoms with van der Waals surface area (Å²) in [6.45, 7) is 1.66. The van der Waals surface area contributed by atoms with Crippen LogP contribution in [0.2, 0.25) is 0 Å². The number of amides is 1. The van der Waals surface area contributed by atoms with Gasteiger partial charge in [0.2, 0.25) is 0 Å². The number of hydrogen-bond donors (Lipinski definition) is 1. The van der Waals surface area contributed by atoms with Crippen molar-refractivity contribution in [3.05, 3.63) is 40.4 Å². The summed E-state index contributed by atoms with van der Waals surface area (Å²) < 4.78 is 6.04. The van der Waals surface area contributed by atoms with Crippen LogP contribution in [-0.4, -0.2) is 18.5 Å². The van der Waals surface area contributed by atoms with Crippen LogP contribution < -0.4 is 5.32 Å². The molecule has 1 N–H and O–H groups in total. The number of halogens is 1. The first-order valence-corrected chi connectivity index (χ1v) is 7.73. The molecular formula is C16H18BrNO3. The van der Waals surface area contributed by atoms with Gasteiger partial charge in [-0.1, -0.05) is 28.1 Å². The van der Waals surface area contributed by atoms with Crippen LogP contribution in [0.3, 0.4) is 0 Å². The number of carbonyl (C=O) groups excluding carboxylic acids is 2. The summed E-state index contributed by atoms with van der Waals surface area (Å²) in [5.74, 6) is -0.723. The molecule has 0 fully saturated rings. The number of ether oxygens (including phenoxy) is 1. The molecule has 1 aliphatic carbocycles. The molecule has 0 saturated heterocycles. The van der Waals surface area contributed by atoms with Crippen LogP contribution in [0, 0.1) is 12.8 Å². The van der Waals surface area contributed by atoms with E-state index in [1.807, 2.05) is 31.2 Å². The van der Waals surface area contributed by atoms with Crippen LogP contribution in [0.25, 0.3) is 0 Å². The zero-order chi connectivity index (χ0) is 15.2. The number of allylic oxidation sites excluding steroid dienone is 2. The van der Waals surface area contributed by atoms with Crippen molar-refractivity contribution >= 4 is 33.5 Å². The Morgan fingerprint density at radius 1 is 1.38 bits per heavy atom. The minimum absolute atomic E-state index is 0.114. The third-order valence-electron chi connectivity index (χ3n) is 3.41. The number of anilines is 1. The summed E-state index contributed by atoms with van der Waals surface area (Å²) in [5.41, 5.74) is 1.67. The van der Waals surface area contributed by atoms with E-state index in [1.54, 1.807) is 0 Å². The van der Waals surface area contributed by atoms with Gasteiger partial charge in [-0.05, 0) is 49.9 Å². The highest BCUT2D eigenvalue weighted by molar-refractivity contribution is 9.10. The number of nitrogens with one attached hydrogen (secondary N) is 1. The molecule has 1 aliphatic rings. The molecule has 0 aliphatic heterocycles. The molecule has 0 bridgehead atoms. The van der Waals surface area contributed by atoms with E-state index in [0.29, 0.717) is 6.42 Å². The van der Waals surface area contributed by atoms with Crippen molar-refractivity contribution in [3.8, 4) is 0 Å². The largest absolute Gasteiger partial charge is 0.455 e. The lowest BCUT2D eigenvalue weighted by Crippen LogP contribution is -2.25. The zero-order valence-corrected chi connectivity index (χ0v) is 13.5. The highest BCUT2D eigenvalue weighted by Gasteiger charge is 2.21. The molecule has 1 aromatic carbocycles. The highest BCUT2D eigenvalue weighted by atomic mass is 79.9. The minimum Gasteiger partial charge on any atom is -0.455 e. The monoisotopic (exact) mass is 351 g/mol. The Morgan fingerprint density at radius 2 is 2.19 bits per heavy atom. The van der Waals surface area contributed by atoms with Gasteiger partial charge in [0.15, 0.2) is 6.61 Å². The van der Waals surface area contributed by atoms with Crippen molar-refractivity contribution in [2.45, 2.75) is 26.2 Å². The Labute approximate surface area is 132 Å². The molecule has 21 heavy (non-hydrogen) atoms. The lowest BCUT2D eigenvalue weighted by molar-refractivity contribution is -0.151. The van der Waals surface area contributed by atoms with Crippen LogP contribution in [0.4, 0.5) is 5.69 Å². The maximum Gasteiger partial charge on any atom is 0.309 e. The Kier molecular flexibility index (Phi) is 5.56. The van der Waals surface area contributed by atoms with Gasteiger partial charge in [0.25, 0.3) is 5.91 Å². The zero-order valence-electron chi connectivity index (χ0n) is 11.9.